The quantitative estimate of drug-likeness (QED) is 0.901. The van der Waals surface area contributed by atoms with Crippen LogP contribution in [-0.2, 0) is 10.2 Å². The summed E-state index contributed by atoms with van der Waals surface area (Å²) in [7, 11) is 0. The van der Waals surface area contributed by atoms with Gasteiger partial charge in [0.1, 0.15) is 0 Å². The third kappa shape index (κ3) is 2.63. The molecule has 0 unspecified atom stereocenters. The van der Waals surface area contributed by atoms with Crippen LogP contribution >= 0.6 is 11.3 Å². The topological polar surface area (TPSA) is 42.0 Å². The maximum atomic E-state index is 11.7. The van der Waals surface area contributed by atoms with Crippen LogP contribution in [0.2, 0.25) is 0 Å². The smallest absolute Gasteiger partial charge is 0.229 e. The number of carbonyl (C=O) groups is 1. The van der Waals surface area contributed by atoms with Gasteiger partial charge in [-0.2, -0.15) is 0 Å². The maximum absolute atomic E-state index is 11.7. The third-order valence-corrected chi connectivity index (χ3v) is 4.37. The first-order valence-electron chi connectivity index (χ1n) is 6.65. The van der Waals surface area contributed by atoms with E-state index in [2.05, 4.69) is 43.2 Å². The fraction of sp³-hybridized carbons (Fsp3) is 0.467. The average Bonchev–Trinajstić information content (AvgIpc) is 3.08. The van der Waals surface area contributed by atoms with Crippen molar-refractivity contribution >= 4 is 32.6 Å². The van der Waals surface area contributed by atoms with Crippen LogP contribution in [0.3, 0.4) is 0 Å². The Hall–Kier alpha value is -1.42. The summed E-state index contributed by atoms with van der Waals surface area (Å²) in [4.78, 5) is 16.2. The third-order valence-electron chi connectivity index (χ3n) is 3.43. The van der Waals surface area contributed by atoms with Crippen molar-refractivity contribution in [1.82, 2.24) is 4.98 Å². The first-order valence-corrected chi connectivity index (χ1v) is 7.47. The molecular formula is C15H18N2OS. The number of hydrogen-bond acceptors (Lipinski definition) is 3. The van der Waals surface area contributed by atoms with Gasteiger partial charge >= 0.3 is 0 Å². The lowest BCUT2D eigenvalue weighted by molar-refractivity contribution is -0.117. The number of hydrogen-bond donors (Lipinski definition) is 1. The van der Waals surface area contributed by atoms with Gasteiger partial charge in [-0.05, 0) is 36.0 Å². The molecule has 1 aliphatic carbocycles. The van der Waals surface area contributed by atoms with E-state index in [9.17, 15) is 4.79 Å². The number of nitrogens with zero attached hydrogens (tertiary/aromatic N) is 1. The first-order chi connectivity index (χ1) is 8.93. The Morgan fingerprint density at radius 2 is 2.11 bits per heavy atom. The molecule has 1 aromatic heterocycles. The molecule has 3 nitrogen and oxygen atoms in total. The van der Waals surface area contributed by atoms with Crippen LogP contribution in [0.15, 0.2) is 18.2 Å². The van der Waals surface area contributed by atoms with E-state index in [1.807, 2.05) is 6.07 Å². The highest BCUT2D eigenvalue weighted by atomic mass is 32.1. The lowest BCUT2D eigenvalue weighted by atomic mass is 9.87. The number of rotatable bonds is 2. The maximum Gasteiger partial charge on any atom is 0.229 e. The number of anilines is 1. The second-order valence-electron chi connectivity index (χ2n) is 6.22. The standard InChI is InChI=1S/C15H18N2OS/c1-15(2,3)10-6-7-11-12(8-10)19-14(16-11)17-13(18)9-4-5-9/h6-9H,4-5H2,1-3H3,(H,16,17,18). The number of aromatic nitrogens is 1. The predicted octanol–water partition coefficient (Wildman–Crippen LogP) is 3.94. The van der Waals surface area contributed by atoms with Crippen molar-refractivity contribution < 1.29 is 4.79 Å². The van der Waals surface area contributed by atoms with E-state index in [0.29, 0.717) is 0 Å². The van der Waals surface area contributed by atoms with E-state index in [-0.39, 0.29) is 17.2 Å². The summed E-state index contributed by atoms with van der Waals surface area (Å²) in [6.45, 7) is 6.60. The molecule has 100 valence electrons. The Labute approximate surface area is 117 Å². The summed E-state index contributed by atoms with van der Waals surface area (Å²) in [5, 5.41) is 3.64. The van der Waals surface area contributed by atoms with E-state index < -0.39 is 0 Å². The molecule has 0 radical (unpaired) electrons. The summed E-state index contributed by atoms with van der Waals surface area (Å²) in [5.74, 6) is 0.340. The molecule has 1 saturated carbocycles. The number of amides is 1. The average molecular weight is 274 g/mol. The summed E-state index contributed by atoms with van der Waals surface area (Å²) in [6, 6.07) is 6.34. The van der Waals surface area contributed by atoms with Gasteiger partial charge in [0.15, 0.2) is 5.13 Å². The van der Waals surface area contributed by atoms with Crippen LogP contribution in [0.25, 0.3) is 10.2 Å². The van der Waals surface area contributed by atoms with Crippen LogP contribution < -0.4 is 5.32 Å². The van der Waals surface area contributed by atoms with Gasteiger partial charge in [-0.25, -0.2) is 4.98 Å². The SMILES string of the molecule is CC(C)(C)c1ccc2nc(NC(=O)C3CC3)sc2c1. The van der Waals surface area contributed by atoms with Gasteiger partial charge in [-0.1, -0.05) is 38.2 Å². The summed E-state index contributed by atoms with van der Waals surface area (Å²) in [5.41, 5.74) is 2.39. The highest BCUT2D eigenvalue weighted by Crippen LogP contribution is 2.33. The lowest BCUT2D eigenvalue weighted by Crippen LogP contribution is -2.12. The van der Waals surface area contributed by atoms with Crippen molar-refractivity contribution in [1.29, 1.82) is 0 Å². The van der Waals surface area contributed by atoms with Crippen molar-refractivity contribution in [3.63, 3.8) is 0 Å². The van der Waals surface area contributed by atoms with Gasteiger partial charge in [-0.3, -0.25) is 4.79 Å². The van der Waals surface area contributed by atoms with Crippen LogP contribution in [0, 0.1) is 5.92 Å². The molecule has 1 amide bonds. The summed E-state index contributed by atoms with van der Waals surface area (Å²) < 4.78 is 1.14. The Kier molecular flexibility index (Phi) is 2.86. The van der Waals surface area contributed by atoms with Gasteiger partial charge in [-0.15, -0.1) is 0 Å². The molecule has 19 heavy (non-hydrogen) atoms. The number of nitrogens with one attached hydrogen (secondary N) is 1. The Morgan fingerprint density at radius 1 is 1.37 bits per heavy atom. The molecular weight excluding hydrogens is 256 g/mol. The van der Waals surface area contributed by atoms with Crippen LogP contribution in [-0.4, -0.2) is 10.9 Å². The van der Waals surface area contributed by atoms with Crippen molar-refractivity contribution in [3.8, 4) is 0 Å². The second-order valence-corrected chi connectivity index (χ2v) is 7.25. The van der Waals surface area contributed by atoms with Crippen LogP contribution in [0.4, 0.5) is 5.13 Å². The van der Waals surface area contributed by atoms with E-state index in [0.717, 1.165) is 28.2 Å². The number of carbonyl (C=O) groups excluding carboxylic acids is 1. The molecule has 4 heteroatoms. The molecule has 1 aromatic carbocycles. The zero-order valence-corrected chi connectivity index (χ0v) is 12.3. The predicted molar refractivity (Wildman–Crippen MR) is 79.7 cm³/mol. The zero-order chi connectivity index (χ0) is 13.6. The largest absolute Gasteiger partial charge is 0.302 e. The first kappa shape index (κ1) is 12.6. The minimum Gasteiger partial charge on any atom is -0.302 e. The fourth-order valence-electron chi connectivity index (χ4n) is 2.00. The van der Waals surface area contributed by atoms with E-state index >= 15 is 0 Å². The molecule has 0 atom stereocenters. The van der Waals surface area contributed by atoms with Gasteiger partial charge in [0.25, 0.3) is 0 Å². The van der Waals surface area contributed by atoms with Gasteiger partial charge < -0.3 is 5.32 Å². The molecule has 0 aliphatic heterocycles. The summed E-state index contributed by atoms with van der Waals surface area (Å²) in [6.07, 6.45) is 2.04. The fourth-order valence-corrected chi connectivity index (χ4v) is 2.91. The molecule has 2 aromatic rings. The van der Waals surface area contributed by atoms with Crippen molar-refractivity contribution in [2.24, 2.45) is 5.92 Å². The normalized spacial score (nSPS) is 15.7. The van der Waals surface area contributed by atoms with Crippen molar-refractivity contribution in [2.45, 2.75) is 39.0 Å². The molecule has 0 bridgehead atoms. The molecule has 1 N–H and O–H groups in total. The van der Waals surface area contributed by atoms with Gasteiger partial charge in [0, 0.05) is 5.92 Å². The molecule has 1 heterocycles. The minimum atomic E-state index is 0.120. The van der Waals surface area contributed by atoms with Gasteiger partial charge in [0.05, 0.1) is 10.2 Å². The Bertz CT molecular complexity index is 635. The van der Waals surface area contributed by atoms with Gasteiger partial charge in [0.2, 0.25) is 5.91 Å². The Morgan fingerprint density at radius 3 is 2.74 bits per heavy atom. The summed E-state index contributed by atoms with van der Waals surface area (Å²) >= 11 is 1.56. The van der Waals surface area contributed by atoms with Crippen molar-refractivity contribution in [3.05, 3.63) is 23.8 Å². The lowest BCUT2D eigenvalue weighted by Gasteiger charge is -2.18. The molecule has 3 rings (SSSR count). The highest BCUT2D eigenvalue weighted by molar-refractivity contribution is 7.22. The van der Waals surface area contributed by atoms with Crippen LogP contribution in [0.1, 0.15) is 39.2 Å². The monoisotopic (exact) mass is 274 g/mol. The second kappa shape index (κ2) is 4.30. The number of fused-ring (bicyclic) bond motifs is 1. The number of benzene rings is 1. The van der Waals surface area contributed by atoms with E-state index in [4.69, 9.17) is 0 Å². The zero-order valence-electron chi connectivity index (χ0n) is 11.5. The van der Waals surface area contributed by atoms with Crippen molar-refractivity contribution in [2.75, 3.05) is 5.32 Å². The van der Waals surface area contributed by atoms with Crippen LogP contribution in [0.5, 0.6) is 0 Å². The Balaban J connectivity index is 1.89. The minimum absolute atomic E-state index is 0.120. The highest BCUT2D eigenvalue weighted by Gasteiger charge is 2.30. The van der Waals surface area contributed by atoms with E-state index in [1.54, 1.807) is 11.3 Å². The number of thiazole rings is 1. The molecule has 0 spiro atoms. The molecule has 1 aliphatic rings. The van der Waals surface area contributed by atoms with E-state index in [1.165, 1.54) is 5.56 Å². The molecule has 1 fully saturated rings. The molecule has 0 saturated heterocycles.